The van der Waals surface area contributed by atoms with E-state index in [4.69, 9.17) is 4.42 Å². The Morgan fingerprint density at radius 3 is 1.53 bits per heavy atom. The quantitative estimate of drug-likeness (QED) is 0.143. The Hall–Kier alpha value is -9.50. The van der Waals surface area contributed by atoms with E-state index >= 15 is 0 Å². The molecule has 1 aromatic heterocycles. The number of para-hydroxylation sites is 1. The maximum Gasteiger partial charge on any atom is 0.136 e. The standard InChI is InChI=1S/C71H47NO/c1-3-17-48(18-4-1)51-35-40-56(41-36-51)71(65-29-12-9-26-62(65)63-27-10-13-30-66(63)71)57-23-15-24-59(47-57)72(58-42-37-52(38-43-58)49-19-5-2-6-20-49)67-31-14-11-25-60(67)55-39-44-68-64(46-55)70-61(28-16-32-69(70)73-68)54-34-33-50-21-7-8-22-53(50)45-54/h1-47H. The van der Waals surface area contributed by atoms with Gasteiger partial charge in [-0.2, -0.15) is 0 Å². The third-order valence-electron chi connectivity index (χ3n) is 15.2. The van der Waals surface area contributed by atoms with Crippen LogP contribution in [0.15, 0.2) is 290 Å². The van der Waals surface area contributed by atoms with Crippen molar-refractivity contribution in [3.05, 3.63) is 307 Å². The predicted octanol–water partition coefficient (Wildman–Crippen LogP) is 19.2. The Labute approximate surface area is 425 Å². The topological polar surface area (TPSA) is 16.4 Å². The zero-order valence-electron chi connectivity index (χ0n) is 40.0. The average molecular weight is 930 g/mol. The van der Waals surface area contributed by atoms with Gasteiger partial charge in [0.25, 0.3) is 0 Å². The average Bonchev–Trinajstić information content (AvgIpc) is 4.05. The molecule has 14 rings (SSSR count). The van der Waals surface area contributed by atoms with Gasteiger partial charge in [-0.25, -0.2) is 0 Å². The lowest BCUT2D eigenvalue weighted by Gasteiger charge is -2.35. The zero-order valence-corrected chi connectivity index (χ0v) is 40.0. The molecule has 73 heavy (non-hydrogen) atoms. The van der Waals surface area contributed by atoms with Crippen LogP contribution in [0.5, 0.6) is 0 Å². The Morgan fingerprint density at radius 1 is 0.288 bits per heavy atom. The van der Waals surface area contributed by atoms with Crippen LogP contribution >= 0.6 is 0 Å². The van der Waals surface area contributed by atoms with Gasteiger partial charge in [0.1, 0.15) is 11.2 Å². The van der Waals surface area contributed by atoms with E-state index in [1.165, 1.54) is 72.0 Å². The molecular formula is C71H47NO. The lowest BCUT2D eigenvalue weighted by molar-refractivity contribution is 0.669. The number of fused-ring (bicyclic) bond motifs is 7. The molecule has 1 heterocycles. The van der Waals surface area contributed by atoms with Crippen LogP contribution in [-0.4, -0.2) is 0 Å². The van der Waals surface area contributed by atoms with E-state index < -0.39 is 5.41 Å². The minimum atomic E-state index is -0.600. The van der Waals surface area contributed by atoms with Gasteiger partial charge >= 0.3 is 0 Å². The molecule has 0 unspecified atom stereocenters. The second kappa shape index (κ2) is 17.4. The third-order valence-corrected chi connectivity index (χ3v) is 15.2. The van der Waals surface area contributed by atoms with Crippen molar-refractivity contribution in [3.8, 4) is 55.6 Å². The van der Waals surface area contributed by atoms with E-state index in [2.05, 4.69) is 290 Å². The van der Waals surface area contributed by atoms with Gasteiger partial charge in [0, 0.05) is 27.7 Å². The summed E-state index contributed by atoms with van der Waals surface area (Å²) < 4.78 is 6.63. The molecule has 0 atom stereocenters. The van der Waals surface area contributed by atoms with Gasteiger partial charge in [-0.15, -0.1) is 0 Å². The molecule has 342 valence electrons. The Kier molecular flexibility index (Phi) is 10.1. The minimum absolute atomic E-state index is 0.600. The number of hydrogen-bond acceptors (Lipinski definition) is 2. The summed E-state index contributed by atoms with van der Waals surface area (Å²) in [6.45, 7) is 0. The first-order valence-corrected chi connectivity index (χ1v) is 25.1. The highest BCUT2D eigenvalue weighted by Gasteiger charge is 2.46. The maximum absolute atomic E-state index is 6.63. The van der Waals surface area contributed by atoms with Crippen molar-refractivity contribution in [2.24, 2.45) is 0 Å². The van der Waals surface area contributed by atoms with Crippen LogP contribution in [0.25, 0.3) is 88.3 Å². The normalized spacial score (nSPS) is 12.5. The molecule has 12 aromatic carbocycles. The van der Waals surface area contributed by atoms with E-state index in [9.17, 15) is 0 Å². The van der Waals surface area contributed by atoms with Crippen LogP contribution < -0.4 is 4.90 Å². The Bertz CT molecular complexity index is 4140. The highest BCUT2D eigenvalue weighted by molar-refractivity contribution is 6.14. The molecule has 0 radical (unpaired) electrons. The summed E-state index contributed by atoms with van der Waals surface area (Å²) in [5.41, 5.74) is 21.2. The number of anilines is 3. The number of rotatable bonds is 9. The van der Waals surface area contributed by atoms with Gasteiger partial charge in [-0.05, 0) is 138 Å². The fraction of sp³-hybridized carbons (Fsp3) is 0.0141. The van der Waals surface area contributed by atoms with Crippen LogP contribution in [0.1, 0.15) is 22.3 Å². The molecular weight excluding hydrogens is 883 g/mol. The molecule has 1 aliphatic rings. The first-order chi connectivity index (χ1) is 36.2. The Morgan fingerprint density at radius 2 is 0.822 bits per heavy atom. The monoisotopic (exact) mass is 929 g/mol. The summed E-state index contributed by atoms with van der Waals surface area (Å²) in [6, 6.07) is 104. The Balaban J connectivity index is 0.967. The van der Waals surface area contributed by atoms with Gasteiger partial charge in [0.05, 0.1) is 11.1 Å². The smallest absolute Gasteiger partial charge is 0.136 e. The summed E-state index contributed by atoms with van der Waals surface area (Å²) in [5, 5.41) is 4.65. The van der Waals surface area contributed by atoms with Crippen molar-refractivity contribution in [2.75, 3.05) is 4.90 Å². The number of hydrogen-bond donors (Lipinski definition) is 0. The highest BCUT2D eigenvalue weighted by Crippen LogP contribution is 2.57. The second-order valence-corrected chi connectivity index (χ2v) is 19.2. The molecule has 0 amide bonds. The van der Waals surface area contributed by atoms with Crippen molar-refractivity contribution in [1.82, 2.24) is 0 Å². The molecule has 0 aliphatic heterocycles. The van der Waals surface area contributed by atoms with Crippen LogP contribution in [-0.2, 0) is 5.41 Å². The van der Waals surface area contributed by atoms with Crippen molar-refractivity contribution >= 4 is 49.8 Å². The molecule has 13 aromatic rings. The number of nitrogens with zero attached hydrogens (tertiary/aromatic N) is 1. The van der Waals surface area contributed by atoms with E-state index in [1.54, 1.807) is 0 Å². The molecule has 0 fully saturated rings. The van der Waals surface area contributed by atoms with Gasteiger partial charge in [0.15, 0.2) is 0 Å². The number of furan rings is 1. The van der Waals surface area contributed by atoms with Gasteiger partial charge in [0.2, 0.25) is 0 Å². The van der Waals surface area contributed by atoms with E-state index in [0.29, 0.717) is 0 Å². The summed E-state index contributed by atoms with van der Waals surface area (Å²) >= 11 is 0. The molecule has 0 bridgehead atoms. The van der Waals surface area contributed by atoms with Gasteiger partial charge in [-0.1, -0.05) is 231 Å². The summed E-state index contributed by atoms with van der Waals surface area (Å²) in [5.74, 6) is 0. The zero-order chi connectivity index (χ0) is 48.3. The van der Waals surface area contributed by atoms with Gasteiger partial charge < -0.3 is 9.32 Å². The number of benzene rings is 12. The largest absolute Gasteiger partial charge is 0.456 e. The summed E-state index contributed by atoms with van der Waals surface area (Å²) in [4.78, 5) is 2.45. The van der Waals surface area contributed by atoms with Crippen molar-refractivity contribution in [1.29, 1.82) is 0 Å². The second-order valence-electron chi connectivity index (χ2n) is 19.2. The fourth-order valence-electron chi connectivity index (χ4n) is 11.8. The molecule has 0 N–H and O–H groups in total. The van der Waals surface area contributed by atoms with Crippen molar-refractivity contribution in [3.63, 3.8) is 0 Å². The van der Waals surface area contributed by atoms with Crippen LogP contribution in [0.4, 0.5) is 17.1 Å². The van der Waals surface area contributed by atoms with Crippen LogP contribution in [0, 0.1) is 0 Å². The molecule has 0 saturated heterocycles. The van der Waals surface area contributed by atoms with Gasteiger partial charge in [-0.3, -0.25) is 0 Å². The van der Waals surface area contributed by atoms with Crippen molar-refractivity contribution in [2.45, 2.75) is 5.41 Å². The molecule has 2 nitrogen and oxygen atoms in total. The summed E-state index contributed by atoms with van der Waals surface area (Å²) in [6.07, 6.45) is 0. The van der Waals surface area contributed by atoms with E-state index in [1.807, 2.05) is 0 Å². The van der Waals surface area contributed by atoms with E-state index in [0.717, 1.165) is 55.7 Å². The third kappa shape index (κ3) is 7.02. The minimum Gasteiger partial charge on any atom is -0.456 e. The van der Waals surface area contributed by atoms with Crippen LogP contribution in [0.2, 0.25) is 0 Å². The lowest BCUT2D eigenvalue weighted by Crippen LogP contribution is -2.29. The fourth-order valence-corrected chi connectivity index (χ4v) is 11.8. The SMILES string of the molecule is c1ccc(-c2ccc(N(c3cccc(C4(c5ccc(-c6ccccc6)cc5)c5ccccc5-c5ccccc54)c3)c3ccccc3-c3ccc4oc5cccc(-c6ccc7ccccc7c6)c5c4c3)cc2)cc1. The molecule has 1 aliphatic carbocycles. The van der Waals surface area contributed by atoms with E-state index in [-0.39, 0.29) is 0 Å². The highest BCUT2D eigenvalue weighted by atomic mass is 16.3. The molecule has 2 heteroatoms. The predicted molar refractivity (Wildman–Crippen MR) is 305 cm³/mol. The molecule has 0 saturated carbocycles. The van der Waals surface area contributed by atoms with Crippen LogP contribution in [0.3, 0.4) is 0 Å². The first-order valence-electron chi connectivity index (χ1n) is 25.1. The maximum atomic E-state index is 6.63. The first kappa shape index (κ1) is 42.4. The summed E-state index contributed by atoms with van der Waals surface area (Å²) in [7, 11) is 0. The molecule has 0 spiro atoms. The van der Waals surface area contributed by atoms with Crippen molar-refractivity contribution < 1.29 is 4.42 Å². The lowest BCUT2D eigenvalue weighted by atomic mass is 9.67.